The van der Waals surface area contributed by atoms with Crippen LogP contribution < -0.4 is 16.2 Å². The van der Waals surface area contributed by atoms with Crippen molar-refractivity contribution >= 4 is 34.2 Å². The highest BCUT2D eigenvalue weighted by Crippen LogP contribution is 2.28. The van der Waals surface area contributed by atoms with E-state index in [0.717, 1.165) is 16.8 Å². The summed E-state index contributed by atoms with van der Waals surface area (Å²) in [5.74, 6) is -0.329. The van der Waals surface area contributed by atoms with Gasteiger partial charge in [0.05, 0.1) is 16.7 Å². The fraction of sp³-hybridized carbons (Fsp3) is 0.214. The lowest BCUT2D eigenvalue weighted by atomic mass is 10.0. The largest absolute Gasteiger partial charge is 0.326 e. The Hall–Kier alpha value is -4.26. The highest BCUT2D eigenvalue weighted by molar-refractivity contribution is 5.95. The summed E-state index contributed by atoms with van der Waals surface area (Å²) in [6.45, 7) is 7.26. The van der Waals surface area contributed by atoms with Gasteiger partial charge in [0.25, 0.3) is 5.56 Å². The molecule has 0 atom stereocenters. The van der Waals surface area contributed by atoms with Crippen LogP contribution in [-0.4, -0.2) is 21.4 Å². The van der Waals surface area contributed by atoms with E-state index in [1.165, 1.54) is 11.5 Å². The Bertz CT molecular complexity index is 1490. The Morgan fingerprint density at radius 2 is 1.66 bits per heavy atom. The third-order valence-corrected chi connectivity index (χ3v) is 5.75. The minimum Gasteiger partial charge on any atom is -0.326 e. The second kappa shape index (κ2) is 9.93. The van der Waals surface area contributed by atoms with Gasteiger partial charge < -0.3 is 10.6 Å². The number of fused-ring (bicyclic) bond motifs is 1. The predicted octanol–water partition coefficient (Wildman–Crippen LogP) is 5.09. The first-order chi connectivity index (χ1) is 16.7. The molecule has 7 nitrogen and oxygen atoms in total. The number of carbonyl (C=O) groups excluding carboxylic acids is 2. The van der Waals surface area contributed by atoms with Crippen LogP contribution in [0, 0.1) is 6.92 Å². The molecule has 2 amide bonds. The lowest BCUT2D eigenvalue weighted by molar-refractivity contribution is -0.117. The number of amides is 2. The zero-order valence-corrected chi connectivity index (χ0v) is 20.3. The molecule has 4 aromatic rings. The molecule has 178 valence electrons. The molecule has 0 radical (unpaired) electrons. The number of hydrogen-bond donors (Lipinski definition) is 2. The summed E-state index contributed by atoms with van der Waals surface area (Å²) in [5, 5.41) is 5.74. The molecule has 35 heavy (non-hydrogen) atoms. The van der Waals surface area contributed by atoms with E-state index in [9.17, 15) is 14.4 Å². The number of aryl methyl sites for hydroxylation is 1. The fourth-order valence-electron chi connectivity index (χ4n) is 4.13. The van der Waals surface area contributed by atoms with Gasteiger partial charge in [0.1, 0.15) is 12.2 Å². The van der Waals surface area contributed by atoms with Crippen LogP contribution in [0.25, 0.3) is 22.3 Å². The predicted molar refractivity (Wildman–Crippen MR) is 140 cm³/mol. The number of nitrogens with one attached hydrogen (secondary N) is 2. The number of carbonyl (C=O) groups is 2. The minimum atomic E-state index is -0.409. The number of para-hydroxylation sites is 3. The van der Waals surface area contributed by atoms with Crippen molar-refractivity contribution in [3.8, 4) is 11.3 Å². The third kappa shape index (κ3) is 5.14. The standard InChI is InChI=1S/C28H28N4O3/c1-17(2)20-9-5-6-10-22(20)30-26(34)16-32-25-12-8-7-11-24(25)31-27(28(32)35)21-15-18(3)13-14-23(21)29-19(4)33/h5-15,17H,16H2,1-4H3,(H,29,33)(H,30,34). The van der Waals surface area contributed by atoms with Gasteiger partial charge in [0, 0.05) is 18.2 Å². The van der Waals surface area contributed by atoms with Crippen molar-refractivity contribution in [3.63, 3.8) is 0 Å². The van der Waals surface area contributed by atoms with E-state index in [2.05, 4.69) is 29.5 Å². The molecule has 0 bridgehead atoms. The number of rotatable bonds is 6. The molecule has 4 rings (SSSR count). The molecule has 0 aliphatic heterocycles. The van der Waals surface area contributed by atoms with Crippen LogP contribution in [-0.2, 0) is 16.1 Å². The topological polar surface area (TPSA) is 93.1 Å². The van der Waals surface area contributed by atoms with E-state index < -0.39 is 5.56 Å². The van der Waals surface area contributed by atoms with Gasteiger partial charge in [0.15, 0.2) is 0 Å². The van der Waals surface area contributed by atoms with Crippen molar-refractivity contribution in [1.29, 1.82) is 0 Å². The van der Waals surface area contributed by atoms with Gasteiger partial charge >= 0.3 is 0 Å². The van der Waals surface area contributed by atoms with Crippen LogP contribution in [0.5, 0.6) is 0 Å². The first kappa shape index (κ1) is 23.9. The molecule has 0 aliphatic carbocycles. The van der Waals surface area contributed by atoms with Crippen molar-refractivity contribution < 1.29 is 9.59 Å². The van der Waals surface area contributed by atoms with E-state index in [0.29, 0.717) is 22.3 Å². The van der Waals surface area contributed by atoms with Crippen molar-refractivity contribution in [3.05, 3.63) is 88.2 Å². The van der Waals surface area contributed by atoms with E-state index in [4.69, 9.17) is 0 Å². The molecule has 0 saturated carbocycles. The quantitative estimate of drug-likeness (QED) is 0.412. The zero-order chi connectivity index (χ0) is 25.1. The van der Waals surface area contributed by atoms with Gasteiger partial charge in [-0.15, -0.1) is 0 Å². The third-order valence-electron chi connectivity index (χ3n) is 5.75. The van der Waals surface area contributed by atoms with Gasteiger partial charge in [-0.1, -0.05) is 55.8 Å². The Labute approximate surface area is 203 Å². The van der Waals surface area contributed by atoms with E-state index >= 15 is 0 Å². The fourth-order valence-corrected chi connectivity index (χ4v) is 4.13. The van der Waals surface area contributed by atoms with Crippen LogP contribution in [0.15, 0.2) is 71.5 Å². The number of anilines is 2. The molecular formula is C28H28N4O3. The average molecular weight is 469 g/mol. The number of nitrogens with zero attached hydrogens (tertiary/aromatic N) is 2. The van der Waals surface area contributed by atoms with Gasteiger partial charge in [0.2, 0.25) is 11.8 Å². The van der Waals surface area contributed by atoms with E-state index in [1.807, 2.05) is 49.4 Å². The summed E-state index contributed by atoms with van der Waals surface area (Å²) in [4.78, 5) is 43.2. The molecule has 7 heteroatoms. The normalized spacial score (nSPS) is 11.0. The summed E-state index contributed by atoms with van der Waals surface area (Å²) < 4.78 is 1.44. The highest BCUT2D eigenvalue weighted by atomic mass is 16.2. The molecule has 1 heterocycles. The first-order valence-electron chi connectivity index (χ1n) is 11.5. The Kier molecular flexibility index (Phi) is 6.78. The maximum atomic E-state index is 13.7. The summed E-state index contributed by atoms with van der Waals surface area (Å²) in [7, 11) is 0. The average Bonchev–Trinajstić information content (AvgIpc) is 2.82. The number of benzene rings is 3. The SMILES string of the molecule is CC(=O)Nc1ccc(C)cc1-c1nc2ccccc2n(CC(=O)Nc2ccccc2C(C)C)c1=O. The van der Waals surface area contributed by atoms with Crippen molar-refractivity contribution in [2.45, 2.75) is 40.2 Å². The van der Waals surface area contributed by atoms with Crippen molar-refractivity contribution in [2.24, 2.45) is 0 Å². The molecule has 3 aromatic carbocycles. The molecule has 0 spiro atoms. The maximum Gasteiger partial charge on any atom is 0.278 e. The second-order valence-electron chi connectivity index (χ2n) is 8.86. The van der Waals surface area contributed by atoms with Crippen LogP contribution in [0.1, 0.15) is 37.8 Å². The van der Waals surface area contributed by atoms with Crippen LogP contribution in [0.4, 0.5) is 11.4 Å². The number of hydrogen-bond acceptors (Lipinski definition) is 4. The summed E-state index contributed by atoms with van der Waals surface area (Å²) in [5.41, 5.74) is 4.56. The van der Waals surface area contributed by atoms with Crippen molar-refractivity contribution in [2.75, 3.05) is 10.6 Å². The molecule has 1 aromatic heterocycles. The van der Waals surface area contributed by atoms with E-state index in [1.54, 1.807) is 24.3 Å². The van der Waals surface area contributed by atoms with Gasteiger partial charge in [-0.25, -0.2) is 4.98 Å². The number of aromatic nitrogens is 2. The maximum absolute atomic E-state index is 13.7. The van der Waals surface area contributed by atoms with E-state index in [-0.39, 0.29) is 30.0 Å². The minimum absolute atomic E-state index is 0.173. The van der Waals surface area contributed by atoms with Crippen LogP contribution in [0.3, 0.4) is 0 Å². The Balaban J connectivity index is 1.81. The lowest BCUT2D eigenvalue weighted by Gasteiger charge is -2.16. The molecule has 0 aliphatic rings. The summed E-state index contributed by atoms with van der Waals surface area (Å²) in [6.07, 6.45) is 0. The molecule has 2 N–H and O–H groups in total. The summed E-state index contributed by atoms with van der Waals surface area (Å²) >= 11 is 0. The first-order valence-corrected chi connectivity index (χ1v) is 11.5. The Morgan fingerprint density at radius 3 is 2.40 bits per heavy atom. The van der Waals surface area contributed by atoms with Crippen molar-refractivity contribution in [1.82, 2.24) is 9.55 Å². The molecule has 0 saturated heterocycles. The van der Waals surface area contributed by atoms with Crippen LogP contribution >= 0.6 is 0 Å². The zero-order valence-electron chi connectivity index (χ0n) is 20.3. The summed E-state index contributed by atoms with van der Waals surface area (Å²) in [6, 6.07) is 20.3. The highest BCUT2D eigenvalue weighted by Gasteiger charge is 2.19. The monoisotopic (exact) mass is 468 g/mol. The Morgan fingerprint density at radius 1 is 0.943 bits per heavy atom. The van der Waals surface area contributed by atoms with Gasteiger partial charge in [-0.05, 0) is 48.7 Å². The van der Waals surface area contributed by atoms with Gasteiger partial charge in [-0.3, -0.25) is 19.0 Å². The lowest BCUT2D eigenvalue weighted by Crippen LogP contribution is -2.30. The smallest absolute Gasteiger partial charge is 0.278 e. The van der Waals surface area contributed by atoms with Gasteiger partial charge in [-0.2, -0.15) is 0 Å². The molecule has 0 fully saturated rings. The second-order valence-corrected chi connectivity index (χ2v) is 8.86. The van der Waals surface area contributed by atoms with Crippen LogP contribution in [0.2, 0.25) is 0 Å². The molecular weight excluding hydrogens is 440 g/mol. The molecule has 0 unspecified atom stereocenters.